The van der Waals surface area contributed by atoms with Gasteiger partial charge in [-0.05, 0) is 29.5 Å². The van der Waals surface area contributed by atoms with E-state index in [9.17, 15) is 4.79 Å². The van der Waals surface area contributed by atoms with Crippen LogP contribution in [0, 0.1) is 17.2 Å². The van der Waals surface area contributed by atoms with Crippen LogP contribution in [0.25, 0.3) is 0 Å². The van der Waals surface area contributed by atoms with Crippen LogP contribution in [0.5, 0.6) is 5.75 Å². The van der Waals surface area contributed by atoms with Gasteiger partial charge < -0.3 is 10.1 Å². The van der Waals surface area contributed by atoms with Gasteiger partial charge in [0.2, 0.25) is 5.91 Å². The van der Waals surface area contributed by atoms with Crippen molar-refractivity contribution in [2.75, 3.05) is 11.9 Å². The van der Waals surface area contributed by atoms with Gasteiger partial charge in [-0.2, -0.15) is 5.26 Å². The zero-order chi connectivity index (χ0) is 13.9. The highest BCUT2D eigenvalue weighted by molar-refractivity contribution is 7.14. The summed E-state index contributed by atoms with van der Waals surface area (Å²) in [5.41, 5.74) is 1.55. The van der Waals surface area contributed by atoms with E-state index >= 15 is 0 Å². The van der Waals surface area contributed by atoms with Gasteiger partial charge in [-0.25, -0.2) is 0 Å². The van der Waals surface area contributed by atoms with E-state index < -0.39 is 0 Å². The summed E-state index contributed by atoms with van der Waals surface area (Å²) in [6.45, 7) is 0.371. The summed E-state index contributed by atoms with van der Waals surface area (Å²) in [5.74, 6) is 0.530. The summed E-state index contributed by atoms with van der Waals surface area (Å²) in [6, 6.07) is 11.5. The SMILES string of the molecule is N#Cc1ccsc1NC(=O)[C@H]1COc2ccccc2C1. The third-order valence-corrected chi connectivity index (χ3v) is 4.10. The number of fused-ring (bicyclic) bond motifs is 1. The Kier molecular flexibility index (Phi) is 3.40. The molecule has 3 rings (SSSR count). The predicted octanol–water partition coefficient (Wildman–Crippen LogP) is 2.81. The number of thiophene rings is 1. The second-order valence-corrected chi connectivity index (χ2v) is 5.50. The van der Waals surface area contributed by atoms with E-state index in [0.717, 1.165) is 11.3 Å². The minimum atomic E-state index is -0.224. The molecular weight excluding hydrogens is 272 g/mol. The lowest BCUT2D eigenvalue weighted by Crippen LogP contribution is -2.32. The van der Waals surface area contributed by atoms with Crippen LogP contribution in [0.15, 0.2) is 35.7 Å². The van der Waals surface area contributed by atoms with Crippen LogP contribution in [-0.4, -0.2) is 12.5 Å². The van der Waals surface area contributed by atoms with Crippen molar-refractivity contribution in [2.45, 2.75) is 6.42 Å². The standard InChI is InChI=1S/C15H12N2O2S/c16-8-11-5-6-20-15(11)17-14(18)12-7-10-3-1-2-4-13(10)19-9-12/h1-6,12H,7,9H2,(H,17,18)/t12-/m1/s1. The zero-order valence-electron chi connectivity index (χ0n) is 10.6. The summed E-state index contributed by atoms with van der Waals surface area (Å²) in [4.78, 5) is 12.2. The molecule has 1 aromatic carbocycles. The summed E-state index contributed by atoms with van der Waals surface area (Å²) in [7, 11) is 0. The van der Waals surface area contributed by atoms with Gasteiger partial charge in [-0.3, -0.25) is 4.79 Å². The zero-order valence-corrected chi connectivity index (χ0v) is 11.4. The average molecular weight is 284 g/mol. The normalized spacial score (nSPS) is 16.6. The first-order chi connectivity index (χ1) is 9.78. The molecular formula is C15H12N2O2S. The highest BCUT2D eigenvalue weighted by Gasteiger charge is 2.26. The molecule has 0 fully saturated rings. The van der Waals surface area contributed by atoms with E-state index in [0.29, 0.717) is 23.6 Å². The van der Waals surface area contributed by atoms with E-state index in [1.165, 1.54) is 11.3 Å². The van der Waals surface area contributed by atoms with Crippen molar-refractivity contribution in [1.29, 1.82) is 5.26 Å². The molecule has 0 radical (unpaired) electrons. The van der Waals surface area contributed by atoms with Crippen molar-refractivity contribution >= 4 is 22.2 Å². The Morgan fingerprint density at radius 2 is 2.25 bits per heavy atom. The minimum Gasteiger partial charge on any atom is -0.492 e. The number of anilines is 1. The molecule has 1 aliphatic rings. The van der Waals surface area contributed by atoms with Crippen LogP contribution in [0.1, 0.15) is 11.1 Å². The molecule has 1 atom stereocenters. The first kappa shape index (κ1) is 12.7. The first-order valence-corrected chi connectivity index (χ1v) is 7.15. The topological polar surface area (TPSA) is 62.1 Å². The smallest absolute Gasteiger partial charge is 0.231 e. The molecule has 2 aromatic rings. The number of nitrogens with zero attached hydrogens (tertiary/aromatic N) is 1. The van der Waals surface area contributed by atoms with Crippen LogP contribution in [0.2, 0.25) is 0 Å². The lowest BCUT2D eigenvalue weighted by atomic mass is 9.96. The summed E-state index contributed by atoms with van der Waals surface area (Å²) >= 11 is 1.36. The Morgan fingerprint density at radius 1 is 1.40 bits per heavy atom. The fourth-order valence-electron chi connectivity index (χ4n) is 2.20. The van der Waals surface area contributed by atoms with Crippen molar-refractivity contribution in [3.63, 3.8) is 0 Å². The molecule has 1 aliphatic heterocycles. The highest BCUT2D eigenvalue weighted by Crippen LogP contribution is 2.28. The maximum Gasteiger partial charge on any atom is 0.231 e. The third-order valence-electron chi connectivity index (χ3n) is 3.27. The Bertz CT molecular complexity index is 687. The van der Waals surface area contributed by atoms with Gasteiger partial charge in [0, 0.05) is 0 Å². The number of rotatable bonds is 2. The Hall–Kier alpha value is -2.32. The highest BCUT2D eigenvalue weighted by atomic mass is 32.1. The second-order valence-electron chi connectivity index (χ2n) is 4.58. The molecule has 0 unspecified atom stereocenters. The number of nitriles is 1. The number of para-hydroxylation sites is 1. The fourth-order valence-corrected chi connectivity index (χ4v) is 2.94. The van der Waals surface area contributed by atoms with Gasteiger partial charge in [-0.1, -0.05) is 18.2 Å². The maximum absolute atomic E-state index is 12.2. The largest absolute Gasteiger partial charge is 0.492 e. The van der Waals surface area contributed by atoms with Gasteiger partial charge in [0.05, 0.1) is 11.5 Å². The molecule has 1 N–H and O–H groups in total. The van der Waals surface area contributed by atoms with Gasteiger partial charge in [0.15, 0.2) is 0 Å². The second kappa shape index (κ2) is 5.35. The lowest BCUT2D eigenvalue weighted by Gasteiger charge is -2.24. The van der Waals surface area contributed by atoms with Crippen molar-refractivity contribution in [3.8, 4) is 11.8 Å². The quantitative estimate of drug-likeness (QED) is 0.922. The Balaban J connectivity index is 1.72. The van der Waals surface area contributed by atoms with Crippen LogP contribution in [0.4, 0.5) is 5.00 Å². The molecule has 1 amide bonds. The molecule has 1 aromatic heterocycles. The van der Waals surface area contributed by atoms with Gasteiger partial charge >= 0.3 is 0 Å². The van der Waals surface area contributed by atoms with Crippen molar-refractivity contribution < 1.29 is 9.53 Å². The number of ether oxygens (including phenoxy) is 1. The molecule has 0 spiro atoms. The molecule has 0 saturated carbocycles. The summed E-state index contributed by atoms with van der Waals surface area (Å²) in [6.07, 6.45) is 0.662. The molecule has 20 heavy (non-hydrogen) atoms. The van der Waals surface area contributed by atoms with E-state index in [2.05, 4.69) is 11.4 Å². The summed E-state index contributed by atoms with van der Waals surface area (Å²) in [5, 5.41) is 14.2. The molecule has 2 heterocycles. The third kappa shape index (κ3) is 2.38. The molecule has 0 bridgehead atoms. The van der Waals surface area contributed by atoms with Gasteiger partial charge in [0.1, 0.15) is 23.4 Å². The van der Waals surface area contributed by atoms with E-state index in [1.54, 1.807) is 11.4 Å². The van der Waals surface area contributed by atoms with Crippen molar-refractivity contribution in [2.24, 2.45) is 5.92 Å². The van der Waals surface area contributed by atoms with E-state index in [-0.39, 0.29) is 11.8 Å². The predicted molar refractivity (Wildman–Crippen MR) is 76.8 cm³/mol. The van der Waals surface area contributed by atoms with Gasteiger partial charge in [0.25, 0.3) is 0 Å². The summed E-state index contributed by atoms with van der Waals surface area (Å²) < 4.78 is 5.61. The Morgan fingerprint density at radius 3 is 3.10 bits per heavy atom. The number of carbonyl (C=O) groups is 1. The van der Waals surface area contributed by atoms with Crippen LogP contribution < -0.4 is 10.1 Å². The number of hydrogen-bond acceptors (Lipinski definition) is 4. The average Bonchev–Trinajstić information content (AvgIpc) is 2.94. The molecule has 100 valence electrons. The number of carbonyl (C=O) groups excluding carboxylic acids is 1. The number of hydrogen-bond donors (Lipinski definition) is 1. The van der Waals surface area contributed by atoms with Crippen LogP contribution in [-0.2, 0) is 11.2 Å². The molecule has 0 saturated heterocycles. The number of amides is 1. The Labute approximate surface area is 120 Å². The number of nitrogens with one attached hydrogen (secondary N) is 1. The maximum atomic E-state index is 12.2. The van der Waals surface area contributed by atoms with Gasteiger partial charge in [-0.15, -0.1) is 11.3 Å². The van der Waals surface area contributed by atoms with Crippen LogP contribution in [0.3, 0.4) is 0 Å². The monoisotopic (exact) mass is 284 g/mol. The number of benzene rings is 1. The van der Waals surface area contributed by atoms with Crippen molar-refractivity contribution in [1.82, 2.24) is 0 Å². The van der Waals surface area contributed by atoms with E-state index in [4.69, 9.17) is 10.00 Å². The first-order valence-electron chi connectivity index (χ1n) is 6.27. The van der Waals surface area contributed by atoms with Crippen LogP contribution >= 0.6 is 11.3 Å². The minimum absolute atomic E-state index is 0.0987. The fraction of sp³-hybridized carbons (Fsp3) is 0.200. The lowest BCUT2D eigenvalue weighted by molar-refractivity contribution is -0.121. The van der Waals surface area contributed by atoms with E-state index in [1.807, 2.05) is 24.3 Å². The van der Waals surface area contributed by atoms with Crippen molar-refractivity contribution in [3.05, 3.63) is 46.8 Å². The molecule has 4 nitrogen and oxygen atoms in total. The molecule has 5 heteroatoms. The molecule has 0 aliphatic carbocycles.